The van der Waals surface area contributed by atoms with Crippen molar-refractivity contribution in [2.45, 2.75) is 4.90 Å². The molecule has 0 aliphatic carbocycles. The first-order valence-electron chi connectivity index (χ1n) is 8.13. The number of hydrogen-bond acceptors (Lipinski definition) is 3. The Morgan fingerprint density at radius 1 is 0.760 bits per heavy atom. The molecule has 25 heavy (non-hydrogen) atoms. The van der Waals surface area contributed by atoms with Gasteiger partial charge >= 0.3 is 0 Å². The smallest absolute Gasteiger partial charge is 0.253 e. The summed E-state index contributed by atoms with van der Waals surface area (Å²) in [6.07, 6.45) is 1.61. The number of rotatable bonds is 3. The second-order valence-corrected chi connectivity index (χ2v) is 7.31. The summed E-state index contributed by atoms with van der Waals surface area (Å²) < 4.78 is 11.4. The van der Waals surface area contributed by atoms with E-state index in [1.54, 1.807) is 52.5 Å². The summed E-state index contributed by atoms with van der Waals surface area (Å²) in [6, 6.07) is 16.0. The van der Waals surface area contributed by atoms with Gasteiger partial charge in [0.2, 0.25) is 0 Å². The fourth-order valence-electron chi connectivity index (χ4n) is 2.85. The quantitative estimate of drug-likeness (QED) is 0.845. The summed E-state index contributed by atoms with van der Waals surface area (Å²) in [5, 5.41) is 0. The molecule has 2 amide bonds. The number of benzene rings is 2. The molecule has 1 aliphatic rings. The highest BCUT2D eigenvalue weighted by molar-refractivity contribution is 7.84. The average molecular weight is 356 g/mol. The van der Waals surface area contributed by atoms with Crippen LogP contribution in [0.25, 0.3) is 0 Å². The molecule has 1 saturated heterocycles. The molecule has 3 rings (SSSR count). The lowest BCUT2D eigenvalue weighted by molar-refractivity contribution is 0.0535. The maximum absolute atomic E-state index is 12.6. The van der Waals surface area contributed by atoms with E-state index < -0.39 is 10.8 Å². The van der Waals surface area contributed by atoms with Crippen molar-refractivity contribution in [2.75, 3.05) is 32.4 Å². The fraction of sp³-hybridized carbons (Fsp3) is 0.263. The van der Waals surface area contributed by atoms with Crippen LogP contribution in [0, 0.1) is 0 Å². The highest BCUT2D eigenvalue weighted by Crippen LogP contribution is 2.13. The molecule has 5 nitrogen and oxygen atoms in total. The van der Waals surface area contributed by atoms with Gasteiger partial charge in [-0.25, -0.2) is 0 Å². The summed E-state index contributed by atoms with van der Waals surface area (Å²) in [6.45, 7) is 2.07. The molecule has 0 bridgehead atoms. The van der Waals surface area contributed by atoms with Gasteiger partial charge in [0.05, 0.1) is 0 Å². The lowest BCUT2D eigenvalue weighted by Crippen LogP contribution is -2.50. The van der Waals surface area contributed by atoms with Crippen molar-refractivity contribution in [3.63, 3.8) is 0 Å². The topological polar surface area (TPSA) is 57.7 Å². The van der Waals surface area contributed by atoms with Crippen LogP contribution in [-0.2, 0) is 10.8 Å². The SMILES string of the molecule is CS(=O)c1ccc(C(=O)N2CCN(C(=O)c3ccccc3)CC2)cc1. The van der Waals surface area contributed by atoms with Gasteiger partial charge in [-0.15, -0.1) is 0 Å². The lowest BCUT2D eigenvalue weighted by Gasteiger charge is -2.34. The second kappa shape index (κ2) is 7.61. The molecule has 1 heterocycles. The second-order valence-electron chi connectivity index (χ2n) is 5.93. The molecular weight excluding hydrogens is 336 g/mol. The molecule has 1 atom stereocenters. The molecule has 0 aromatic heterocycles. The van der Waals surface area contributed by atoms with Crippen LogP contribution in [0.5, 0.6) is 0 Å². The third-order valence-corrected chi connectivity index (χ3v) is 5.24. The van der Waals surface area contributed by atoms with E-state index in [9.17, 15) is 13.8 Å². The molecule has 6 heteroatoms. The number of nitrogens with zero attached hydrogens (tertiary/aromatic N) is 2. The van der Waals surface area contributed by atoms with Gasteiger partial charge in [-0.05, 0) is 36.4 Å². The van der Waals surface area contributed by atoms with Gasteiger partial charge in [-0.2, -0.15) is 0 Å². The van der Waals surface area contributed by atoms with Crippen molar-refractivity contribution in [3.05, 3.63) is 65.7 Å². The first-order chi connectivity index (χ1) is 12.1. The molecule has 0 radical (unpaired) electrons. The summed E-state index contributed by atoms with van der Waals surface area (Å²) in [5.41, 5.74) is 1.25. The summed E-state index contributed by atoms with van der Waals surface area (Å²) in [7, 11) is -1.05. The van der Waals surface area contributed by atoms with Crippen molar-refractivity contribution in [3.8, 4) is 0 Å². The molecule has 1 aliphatic heterocycles. The number of amides is 2. The summed E-state index contributed by atoms with van der Waals surface area (Å²) in [5.74, 6) is -0.0530. The number of hydrogen-bond donors (Lipinski definition) is 0. The van der Waals surface area contributed by atoms with Crippen LogP contribution < -0.4 is 0 Å². The minimum absolute atomic E-state index is 0.00229. The summed E-state index contributed by atoms with van der Waals surface area (Å²) in [4.78, 5) is 29.3. The van der Waals surface area contributed by atoms with Crippen LogP contribution >= 0.6 is 0 Å². The molecule has 1 fully saturated rings. The van der Waals surface area contributed by atoms with E-state index in [2.05, 4.69) is 0 Å². The van der Waals surface area contributed by atoms with E-state index in [0.29, 0.717) is 42.2 Å². The predicted octanol–water partition coefficient (Wildman–Crippen LogP) is 2.02. The van der Waals surface area contributed by atoms with Crippen molar-refractivity contribution in [1.29, 1.82) is 0 Å². The Labute approximate surface area is 149 Å². The van der Waals surface area contributed by atoms with Crippen LogP contribution in [0.15, 0.2) is 59.5 Å². The van der Waals surface area contributed by atoms with E-state index in [4.69, 9.17) is 0 Å². The maximum atomic E-state index is 12.6. The van der Waals surface area contributed by atoms with Crippen LogP contribution in [0.3, 0.4) is 0 Å². The first kappa shape index (κ1) is 17.4. The van der Waals surface area contributed by atoms with E-state index in [0.717, 1.165) is 0 Å². The zero-order chi connectivity index (χ0) is 17.8. The monoisotopic (exact) mass is 356 g/mol. The fourth-order valence-corrected chi connectivity index (χ4v) is 3.37. The van der Waals surface area contributed by atoms with Gasteiger partial charge < -0.3 is 9.80 Å². The van der Waals surface area contributed by atoms with Crippen molar-refractivity contribution in [2.24, 2.45) is 0 Å². The predicted molar refractivity (Wildman–Crippen MR) is 97.0 cm³/mol. The van der Waals surface area contributed by atoms with E-state index >= 15 is 0 Å². The van der Waals surface area contributed by atoms with Crippen molar-refractivity contribution >= 4 is 22.6 Å². The minimum atomic E-state index is -1.05. The third-order valence-electron chi connectivity index (χ3n) is 4.31. The Morgan fingerprint density at radius 3 is 1.64 bits per heavy atom. The number of piperazine rings is 1. The van der Waals surface area contributed by atoms with Crippen molar-refractivity contribution < 1.29 is 13.8 Å². The average Bonchev–Trinajstić information content (AvgIpc) is 2.67. The molecule has 130 valence electrons. The number of carbonyl (C=O) groups excluding carboxylic acids is 2. The minimum Gasteiger partial charge on any atom is -0.335 e. The highest BCUT2D eigenvalue weighted by Gasteiger charge is 2.25. The zero-order valence-corrected chi connectivity index (χ0v) is 14.9. The maximum Gasteiger partial charge on any atom is 0.253 e. The number of carbonyl (C=O) groups is 2. The van der Waals surface area contributed by atoms with Gasteiger partial charge in [-0.1, -0.05) is 18.2 Å². The molecule has 0 spiro atoms. The van der Waals surface area contributed by atoms with Crippen LogP contribution in [-0.4, -0.2) is 58.3 Å². The zero-order valence-electron chi connectivity index (χ0n) is 14.1. The molecule has 0 N–H and O–H groups in total. The Hall–Kier alpha value is -2.47. The largest absolute Gasteiger partial charge is 0.335 e. The Kier molecular flexibility index (Phi) is 5.28. The molecule has 0 saturated carbocycles. The van der Waals surface area contributed by atoms with E-state index in [-0.39, 0.29) is 11.8 Å². The summed E-state index contributed by atoms with van der Waals surface area (Å²) >= 11 is 0. The van der Waals surface area contributed by atoms with Gasteiger partial charge in [0.25, 0.3) is 11.8 Å². The Balaban J connectivity index is 1.61. The lowest BCUT2D eigenvalue weighted by atomic mass is 10.1. The van der Waals surface area contributed by atoms with Crippen LogP contribution in [0.1, 0.15) is 20.7 Å². The third kappa shape index (κ3) is 3.96. The van der Waals surface area contributed by atoms with Crippen molar-refractivity contribution in [1.82, 2.24) is 9.80 Å². The molecule has 2 aromatic carbocycles. The van der Waals surface area contributed by atoms with Gasteiger partial charge in [0.1, 0.15) is 0 Å². The molecule has 2 aromatic rings. The van der Waals surface area contributed by atoms with Crippen LogP contribution in [0.2, 0.25) is 0 Å². The molecular formula is C19H20N2O3S. The van der Waals surface area contributed by atoms with Crippen LogP contribution in [0.4, 0.5) is 0 Å². The van der Waals surface area contributed by atoms with E-state index in [1.165, 1.54) is 0 Å². The highest BCUT2D eigenvalue weighted by atomic mass is 32.2. The van der Waals surface area contributed by atoms with Gasteiger partial charge in [0.15, 0.2) is 0 Å². The van der Waals surface area contributed by atoms with Gasteiger partial charge in [0, 0.05) is 59.3 Å². The molecule has 1 unspecified atom stereocenters. The Morgan fingerprint density at radius 2 is 1.20 bits per heavy atom. The first-order valence-corrected chi connectivity index (χ1v) is 9.69. The van der Waals surface area contributed by atoms with Gasteiger partial charge in [-0.3, -0.25) is 13.8 Å². The normalized spacial score (nSPS) is 15.7. The van der Waals surface area contributed by atoms with E-state index in [1.807, 2.05) is 18.2 Å². The Bertz CT molecular complexity index is 782. The standard InChI is InChI=1S/C19H20N2O3S/c1-25(24)17-9-7-16(8-10-17)19(23)21-13-11-20(12-14-21)18(22)15-5-3-2-4-6-15/h2-10H,11-14H2,1H3.